The van der Waals surface area contributed by atoms with Crippen molar-refractivity contribution < 1.29 is 4.79 Å². The highest BCUT2D eigenvalue weighted by atomic mass is 16.2. The Morgan fingerprint density at radius 2 is 2.06 bits per heavy atom. The van der Waals surface area contributed by atoms with E-state index >= 15 is 0 Å². The van der Waals surface area contributed by atoms with Gasteiger partial charge in [0, 0.05) is 6.04 Å². The molecule has 3 nitrogen and oxygen atoms in total. The van der Waals surface area contributed by atoms with Crippen LogP contribution in [-0.2, 0) is 4.79 Å². The van der Waals surface area contributed by atoms with Crippen molar-refractivity contribution in [2.75, 3.05) is 0 Å². The number of amides is 1. The molecule has 3 heteroatoms. The fourth-order valence-electron chi connectivity index (χ4n) is 3.73. The number of carbonyl (C=O) groups excluding carboxylic acids is 1. The average molecular weight is 224 g/mol. The van der Waals surface area contributed by atoms with Crippen molar-refractivity contribution in [1.82, 2.24) is 5.32 Å². The molecule has 4 atom stereocenters. The summed E-state index contributed by atoms with van der Waals surface area (Å²) < 4.78 is 0. The van der Waals surface area contributed by atoms with Crippen molar-refractivity contribution >= 4 is 5.91 Å². The van der Waals surface area contributed by atoms with Crippen LogP contribution in [0.4, 0.5) is 0 Å². The second-order valence-corrected chi connectivity index (χ2v) is 6.46. The van der Waals surface area contributed by atoms with E-state index < -0.39 is 6.04 Å². The molecule has 0 spiro atoms. The lowest BCUT2D eigenvalue weighted by Gasteiger charge is -2.39. The van der Waals surface area contributed by atoms with Gasteiger partial charge in [0.25, 0.3) is 0 Å². The van der Waals surface area contributed by atoms with Gasteiger partial charge in [0.1, 0.15) is 0 Å². The Morgan fingerprint density at radius 3 is 2.44 bits per heavy atom. The predicted molar refractivity (Wildman–Crippen MR) is 64.8 cm³/mol. The first-order chi connectivity index (χ1) is 7.29. The Labute approximate surface area is 98.2 Å². The number of hydrogen-bond acceptors (Lipinski definition) is 2. The van der Waals surface area contributed by atoms with Gasteiger partial charge in [0.2, 0.25) is 5.91 Å². The minimum Gasteiger partial charge on any atom is -0.351 e. The van der Waals surface area contributed by atoms with Crippen LogP contribution in [0.3, 0.4) is 0 Å². The van der Waals surface area contributed by atoms with E-state index in [-0.39, 0.29) is 11.3 Å². The quantitative estimate of drug-likeness (QED) is 0.749. The summed E-state index contributed by atoms with van der Waals surface area (Å²) in [4.78, 5) is 11.7. The van der Waals surface area contributed by atoms with Crippen LogP contribution in [0.15, 0.2) is 0 Å². The zero-order chi connectivity index (χ0) is 12.1. The molecule has 0 heterocycles. The molecule has 2 rings (SSSR count). The summed E-state index contributed by atoms with van der Waals surface area (Å²) in [6.45, 7) is 8.77. The Balaban J connectivity index is 2.13. The molecule has 2 saturated carbocycles. The molecule has 2 bridgehead atoms. The van der Waals surface area contributed by atoms with Crippen molar-refractivity contribution in [3.05, 3.63) is 0 Å². The van der Waals surface area contributed by atoms with Crippen LogP contribution in [0, 0.1) is 16.7 Å². The van der Waals surface area contributed by atoms with Crippen LogP contribution in [0.25, 0.3) is 0 Å². The summed E-state index contributed by atoms with van der Waals surface area (Å²) in [6, 6.07) is -0.0782. The number of nitrogens with two attached hydrogens (primary N) is 1. The van der Waals surface area contributed by atoms with Crippen molar-refractivity contribution in [2.45, 2.75) is 59.0 Å². The van der Waals surface area contributed by atoms with Crippen molar-refractivity contribution in [3.63, 3.8) is 0 Å². The molecule has 0 saturated heterocycles. The number of fused-ring (bicyclic) bond motifs is 2. The third-order valence-electron chi connectivity index (χ3n) is 5.52. The van der Waals surface area contributed by atoms with Crippen molar-refractivity contribution in [3.8, 4) is 0 Å². The summed E-state index contributed by atoms with van der Waals surface area (Å²) in [5.74, 6) is 0.755. The van der Waals surface area contributed by atoms with E-state index in [1.807, 2.05) is 0 Å². The molecule has 92 valence electrons. The average Bonchev–Trinajstić information content (AvgIpc) is 2.50. The summed E-state index contributed by atoms with van der Waals surface area (Å²) in [5, 5.41) is 3.14. The highest BCUT2D eigenvalue weighted by Crippen LogP contribution is 2.65. The summed E-state index contributed by atoms with van der Waals surface area (Å²) in [5.41, 5.74) is 6.21. The van der Waals surface area contributed by atoms with Gasteiger partial charge in [-0.1, -0.05) is 20.8 Å². The molecule has 1 amide bonds. The van der Waals surface area contributed by atoms with Gasteiger partial charge in [0.05, 0.1) is 6.04 Å². The zero-order valence-electron chi connectivity index (χ0n) is 10.8. The van der Waals surface area contributed by atoms with Crippen LogP contribution < -0.4 is 11.1 Å². The maximum absolute atomic E-state index is 11.7. The van der Waals surface area contributed by atoms with Gasteiger partial charge >= 0.3 is 0 Å². The number of rotatable bonds is 2. The van der Waals surface area contributed by atoms with Gasteiger partial charge in [-0.3, -0.25) is 4.79 Å². The molecule has 2 fully saturated rings. The lowest BCUT2D eigenvalue weighted by molar-refractivity contribution is -0.123. The molecular weight excluding hydrogens is 200 g/mol. The first kappa shape index (κ1) is 11.9. The predicted octanol–water partition coefficient (Wildman–Crippen LogP) is 1.66. The minimum atomic E-state index is -0.397. The first-order valence-corrected chi connectivity index (χ1v) is 6.35. The van der Waals surface area contributed by atoms with E-state index in [9.17, 15) is 4.79 Å². The first-order valence-electron chi connectivity index (χ1n) is 6.35. The van der Waals surface area contributed by atoms with E-state index in [1.54, 1.807) is 6.92 Å². The van der Waals surface area contributed by atoms with Gasteiger partial charge < -0.3 is 11.1 Å². The Bertz CT molecular complexity index is 311. The monoisotopic (exact) mass is 224 g/mol. The van der Waals surface area contributed by atoms with Crippen LogP contribution >= 0.6 is 0 Å². The summed E-state index contributed by atoms with van der Waals surface area (Å²) in [6.07, 6.45) is 3.67. The molecule has 0 aliphatic heterocycles. The maximum atomic E-state index is 11.7. The molecule has 4 unspecified atom stereocenters. The lowest BCUT2D eigenvalue weighted by atomic mass is 9.69. The normalized spacial score (nSPS) is 42.1. The Kier molecular flexibility index (Phi) is 2.57. The van der Waals surface area contributed by atoms with E-state index in [0.29, 0.717) is 11.5 Å². The molecule has 16 heavy (non-hydrogen) atoms. The van der Waals surface area contributed by atoms with Gasteiger partial charge in [-0.2, -0.15) is 0 Å². The van der Waals surface area contributed by atoms with Gasteiger partial charge in [-0.15, -0.1) is 0 Å². The summed E-state index contributed by atoms with van der Waals surface area (Å²) >= 11 is 0. The van der Waals surface area contributed by atoms with Crippen LogP contribution in [0.2, 0.25) is 0 Å². The van der Waals surface area contributed by atoms with Crippen molar-refractivity contribution in [2.24, 2.45) is 22.5 Å². The zero-order valence-corrected chi connectivity index (χ0v) is 10.8. The lowest BCUT2D eigenvalue weighted by Crippen LogP contribution is -2.50. The molecule has 2 aliphatic rings. The highest BCUT2D eigenvalue weighted by Gasteiger charge is 2.61. The smallest absolute Gasteiger partial charge is 0.236 e. The molecular formula is C13H24N2O. The molecule has 0 aromatic carbocycles. The number of hydrogen-bond donors (Lipinski definition) is 2. The molecule has 3 N–H and O–H groups in total. The standard InChI is InChI=1S/C13H24N2O/c1-8(14)11(16)15-10-7-9-5-6-13(10,4)12(9,2)3/h8-10H,5-7,14H2,1-4H3,(H,15,16). The topological polar surface area (TPSA) is 55.1 Å². The summed E-state index contributed by atoms with van der Waals surface area (Å²) in [7, 11) is 0. The molecule has 0 aromatic heterocycles. The fraction of sp³-hybridized carbons (Fsp3) is 0.923. The second kappa shape index (κ2) is 3.46. The third-order valence-corrected chi connectivity index (χ3v) is 5.52. The van der Waals surface area contributed by atoms with Crippen LogP contribution in [-0.4, -0.2) is 18.0 Å². The van der Waals surface area contributed by atoms with Gasteiger partial charge in [0.15, 0.2) is 0 Å². The van der Waals surface area contributed by atoms with E-state index in [1.165, 1.54) is 12.8 Å². The Morgan fingerprint density at radius 1 is 1.44 bits per heavy atom. The van der Waals surface area contributed by atoms with E-state index in [0.717, 1.165) is 12.3 Å². The minimum absolute atomic E-state index is 0.00502. The fourth-order valence-corrected chi connectivity index (χ4v) is 3.73. The molecule has 0 radical (unpaired) electrons. The third kappa shape index (κ3) is 1.41. The van der Waals surface area contributed by atoms with Crippen LogP contribution in [0.5, 0.6) is 0 Å². The van der Waals surface area contributed by atoms with E-state index in [4.69, 9.17) is 5.73 Å². The molecule has 0 aromatic rings. The second-order valence-electron chi connectivity index (χ2n) is 6.46. The molecule has 2 aliphatic carbocycles. The highest BCUT2D eigenvalue weighted by molar-refractivity contribution is 5.81. The maximum Gasteiger partial charge on any atom is 0.236 e. The van der Waals surface area contributed by atoms with Gasteiger partial charge in [-0.25, -0.2) is 0 Å². The van der Waals surface area contributed by atoms with Gasteiger partial charge in [-0.05, 0) is 42.9 Å². The number of carbonyl (C=O) groups is 1. The largest absolute Gasteiger partial charge is 0.351 e. The van der Waals surface area contributed by atoms with Crippen LogP contribution in [0.1, 0.15) is 47.0 Å². The van der Waals surface area contributed by atoms with E-state index in [2.05, 4.69) is 26.1 Å². The van der Waals surface area contributed by atoms with Crippen molar-refractivity contribution in [1.29, 1.82) is 0 Å². The number of nitrogens with one attached hydrogen (secondary N) is 1. The Hall–Kier alpha value is -0.570. The SMILES string of the molecule is CC(N)C(=O)NC1CC2CCC1(C)C2(C)C.